The van der Waals surface area contributed by atoms with Gasteiger partial charge in [-0.2, -0.15) is 0 Å². The molecule has 2 aliphatic heterocycles. The molecule has 0 N–H and O–H groups in total. The molecule has 1 atom stereocenters. The third kappa shape index (κ3) is 7.24. The van der Waals surface area contributed by atoms with Gasteiger partial charge in [-0.05, 0) is 135 Å². The van der Waals surface area contributed by atoms with Gasteiger partial charge in [-0.25, -0.2) is 4.79 Å². The van der Waals surface area contributed by atoms with Crippen LogP contribution in [0.15, 0.2) is 42.5 Å². The molecule has 3 aliphatic rings. The Morgan fingerprint density at radius 2 is 1.49 bits per heavy atom. The van der Waals surface area contributed by atoms with E-state index in [1.807, 2.05) is 83.7 Å². The van der Waals surface area contributed by atoms with Crippen molar-refractivity contribution in [2.75, 3.05) is 0 Å². The van der Waals surface area contributed by atoms with Crippen LogP contribution in [-0.2, 0) is 36.5 Å². The number of benzene rings is 2. The van der Waals surface area contributed by atoms with Crippen LogP contribution in [0.4, 0.5) is 0 Å². The summed E-state index contributed by atoms with van der Waals surface area (Å²) in [4.78, 5) is 43.7. The van der Waals surface area contributed by atoms with Gasteiger partial charge in [0, 0.05) is 17.9 Å². The van der Waals surface area contributed by atoms with Crippen molar-refractivity contribution < 1.29 is 28.4 Å². The number of nitrogens with zero attached hydrogens (tertiary/aromatic N) is 1. The molecule has 2 fully saturated rings. The zero-order chi connectivity index (χ0) is 34.5. The Morgan fingerprint density at radius 1 is 0.894 bits per heavy atom. The normalized spacial score (nSPS) is 24.9. The molecule has 0 aromatic heterocycles. The van der Waals surface area contributed by atoms with Gasteiger partial charge in [-0.3, -0.25) is 9.59 Å². The van der Waals surface area contributed by atoms with Gasteiger partial charge in [0.05, 0.1) is 16.8 Å². The fraction of sp³-hybridized carbons (Fsp3) is 0.615. The highest BCUT2D eigenvalue weighted by Crippen LogP contribution is 2.44. The van der Waals surface area contributed by atoms with Crippen LogP contribution in [0.2, 0.25) is 0 Å². The van der Waals surface area contributed by atoms with Gasteiger partial charge in [0.25, 0.3) is 0 Å². The maximum absolute atomic E-state index is 14.6. The smallest absolute Gasteiger partial charge is 0.456 e. The standard InChI is InChI=1S/C39H54BNO6/c1-11-25-15-19-27(20-16-25)34(43)41-33(32(42)23-26-17-21-28(22-18-26)35(44)45-36(2,3)4)29-13-12-14-31(30(29)24-37(41,5)6)40-46-38(7,8)39(9,10)47-40/h12-14,17-18,21-22,25,27,33H,11,15-16,19-20,23-24H2,1-10H3. The summed E-state index contributed by atoms with van der Waals surface area (Å²) in [7, 11) is -0.575. The molecule has 47 heavy (non-hydrogen) atoms. The van der Waals surface area contributed by atoms with Crippen LogP contribution in [0, 0.1) is 11.8 Å². The largest absolute Gasteiger partial charge is 0.495 e. The lowest BCUT2D eigenvalue weighted by atomic mass is 9.68. The van der Waals surface area contributed by atoms with Crippen molar-refractivity contribution in [2.24, 2.45) is 11.8 Å². The van der Waals surface area contributed by atoms with Crippen LogP contribution in [0.3, 0.4) is 0 Å². The minimum absolute atomic E-state index is 0.0503. The first-order chi connectivity index (χ1) is 21.8. The molecule has 0 spiro atoms. The zero-order valence-corrected chi connectivity index (χ0v) is 30.2. The molecule has 2 aromatic rings. The molecule has 2 aromatic carbocycles. The quantitative estimate of drug-likeness (QED) is 0.235. The van der Waals surface area contributed by atoms with Gasteiger partial charge in [0.2, 0.25) is 5.91 Å². The van der Waals surface area contributed by atoms with Gasteiger partial charge < -0.3 is 18.9 Å². The van der Waals surface area contributed by atoms with Crippen molar-refractivity contribution in [2.45, 2.75) is 143 Å². The number of rotatable bonds is 7. The molecule has 5 rings (SSSR count). The number of Topliss-reactive ketones (excluding diaryl/α,β-unsaturated/α-hetero) is 1. The molecule has 1 unspecified atom stereocenters. The lowest BCUT2D eigenvalue weighted by Gasteiger charge is -2.50. The van der Waals surface area contributed by atoms with E-state index in [1.54, 1.807) is 12.1 Å². The summed E-state index contributed by atoms with van der Waals surface area (Å²) in [5.41, 5.74) is 1.77. The monoisotopic (exact) mass is 643 g/mol. The van der Waals surface area contributed by atoms with Crippen LogP contribution in [-0.4, -0.2) is 52.0 Å². The first kappa shape index (κ1) is 35.3. The summed E-state index contributed by atoms with van der Waals surface area (Å²) in [5.74, 6) is 0.203. The Labute approximate surface area is 282 Å². The summed E-state index contributed by atoms with van der Waals surface area (Å²) in [6.45, 7) is 20.1. The Hall–Kier alpha value is -2.97. The average molecular weight is 644 g/mol. The summed E-state index contributed by atoms with van der Waals surface area (Å²) < 4.78 is 18.5. The topological polar surface area (TPSA) is 82.1 Å². The lowest BCUT2D eigenvalue weighted by Crippen LogP contribution is -2.59. The lowest BCUT2D eigenvalue weighted by molar-refractivity contribution is -0.152. The highest BCUT2D eigenvalue weighted by molar-refractivity contribution is 6.62. The molecule has 7 nitrogen and oxygen atoms in total. The Kier molecular flexibility index (Phi) is 9.64. The number of ketones is 1. The number of fused-ring (bicyclic) bond motifs is 1. The second-order valence-electron chi connectivity index (χ2n) is 16.6. The first-order valence-electron chi connectivity index (χ1n) is 17.5. The molecule has 1 amide bonds. The van der Waals surface area contributed by atoms with E-state index >= 15 is 0 Å². The van der Waals surface area contributed by atoms with E-state index in [4.69, 9.17) is 14.0 Å². The number of amides is 1. The number of esters is 1. The summed E-state index contributed by atoms with van der Waals surface area (Å²) in [5, 5.41) is 0. The van der Waals surface area contributed by atoms with Crippen molar-refractivity contribution >= 4 is 30.2 Å². The fourth-order valence-electron chi connectivity index (χ4n) is 7.43. The van der Waals surface area contributed by atoms with Crippen LogP contribution < -0.4 is 5.46 Å². The highest BCUT2D eigenvalue weighted by Gasteiger charge is 2.54. The van der Waals surface area contributed by atoms with Gasteiger partial charge in [-0.15, -0.1) is 0 Å². The van der Waals surface area contributed by atoms with Gasteiger partial charge in [0.1, 0.15) is 11.6 Å². The average Bonchev–Trinajstić information content (AvgIpc) is 3.20. The number of hydrogen-bond acceptors (Lipinski definition) is 6. The van der Waals surface area contributed by atoms with E-state index in [0.717, 1.165) is 54.3 Å². The maximum atomic E-state index is 14.6. The van der Waals surface area contributed by atoms with Crippen LogP contribution in [0.5, 0.6) is 0 Å². The molecule has 254 valence electrons. The van der Waals surface area contributed by atoms with E-state index in [2.05, 4.69) is 20.8 Å². The number of hydrogen-bond donors (Lipinski definition) is 0. The molecule has 0 radical (unpaired) electrons. The molecule has 1 saturated carbocycles. The van der Waals surface area contributed by atoms with Crippen molar-refractivity contribution in [1.29, 1.82) is 0 Å². The van der Waals surface area contributed by atoms with Gasteiger partial charge >= 0.3 is 13.1 Å². The molecule has 1 saturated heterocycles. The second-order valence-corrected chi connectivity index (χ2v) is 16.6. The van der Waals surface area contributed by atoms with Crippen LogP contribution in [0.25, 0.3) is 0 Å². The summed E-state index contributed by atoms with van der Waals surface area (Å²) in [6, 6.07) is 12.3. The predicted molar refractivity (Wildman–Crippen MR) is 186 cm³/mol. The maximum Gasteiger partial charge on any atom is 0.495 e. The number of carbonyl (C=O) groups excluding carboxylic acids is 3. The van der Waals surface area contributed by atoms with Gasteiger partial charge in [0.15, 0.2) is 5.78 Å². The molecule has 8 heteroatoms. The van der Waals surface area contributed by atoms with E-state index < -0.39 is 41.5 Å². The van der Waals surface area contributed by atoms with Crippen molar-refractivity contribution in [1.82, 2.24) is 4.90 Å². The fourth-order valence-corrected chi connectivity index (χ4v) is 7.43. The molecular weight excluding hydrogens is 589 g/mol. The molecule has 2 heterocycles. The van der Waals surface area contributed by atoms with Crippen LogP contribution >= 0.6 is 0 Å². The van der Waals surface area contributed by atoms with Crippen LogP contribution in [0.1, 0.15) is 134 Å². The van der Waals surface area contributed by atoms with E-state index in [0.29, 0.717) is 17.9 Å². The van der Waals surface area contributed by atoms with Gasteiger partial charge in [-0.1, -0.05) is 43.7 Å². The van der Waals surface area contributed by atoms with E-state index in [-0.39, 0.29) is 24.0 Å². The summed E-state index contributed by atoms with van der Waals surface area (Å²) >= 11 is 0. The Balaban J connectivity index is 1.51. The first-order valence-corrected chi connectivity index (χ1v) is 17.5. The highest BCUT2D eigenvalue weighted by atomic mass is 16.7. The Morgan fingerprint density at radius 3 is 2.04 bits per heavy atom. The van der Waals surface area contributed by atoms with Crippen molar-refractivity contribution in [3.8, 4) is 0 Å². The molecule has 0 bridgehead atoms. The minimum Gasteiger partial charge on any atom is -0.456 e. The molecular formula is C39H54BNO6. The Bertz CT molecular complexity index is 1480. The third-order valence-corrected chi connectivity index (χ3v) is 10.9. The number of carbonyl (C=O) groups is 3. The van der Waals surface area contributed by atoms with E-state index in [9.17, 15) is 14.4 Å². The van der Waals surface area contributed by atoms with E-state index in [1.165, 1.54) is 0 Å². The predicted octanol–water partition coefficient (Wildman–Crippen LogP) is 7.17. The second kappa shape index (κ2) is 12.8. The number of ether oxygens (including phenoxy) is 1. The zero-order valence-electron chi connectivity index (χ0n) is 30.2. The third-order valence-electron chi connectivity index (χ3n) is 10.9. The minimum atomic E-state index is -0.752. The van der Waals surface area contributed by atoms with Crippen molar-refractivity contribution in [3.63, 3.8) is 0 Å². The molecule has 1 aliphatic carbocycles. The summed E-state index contributed by atoms with van der Waals surface area (Å²) in [6.07, 6.45) is 5.67. The SMILES string of the molecule is CCC1CCC(C(=O)N2C(C(=O)Cc3ccc(C(=O)OC(C)(C)C)cc3)c3cccc(B4OC(C)(C)C(C)(C)O4)c3CC2(C)C)CC1. The van der Waals surface area contributed by atoms with Crippen molar-refractivity contribution in [3.05, 3.63) is 64.7 Å².